The predicted molar refractivity (Wildman–Crippen MR) is 164 cm³/mol. The van der Waals surface area contributed by atoms with Crippen LogP contribution in [0, 0.1) is 0 Å². The molecule has 0 spiro atoms. The van der Waals surface area contributed by atoms with Crippen molar-refractivity contribution in [2.75, 3.05) is 18.5 Å². The lowest BCUT2D eigenvalue weighted by Crippen LogP contribution is -2.26. The summed E-state index contributed by atoms with van der Waals surface area (Å²) in [6.07, 6.45) is 11.2. The van der Waals surface area contributed by atoms with Gasteiger partial charge in [0.2, 0.25) is 5.69 Å². The molecule has 0 atom stereocenters. The lowest BCUT2D eigenvalue weighted by Gasteiger charge is -2.26. The second kappa shape index (κ2) is 8.84. The van der Waals surface area contributed by atoms with Crippen molar-refractivity contribution in [3.05, 3.63) is 120 Å². The highest BCUT2D eigenvalue weighted by atomic mass is 15.2. The third-order valence-electron chi connectivity index (χ3n) is 8.70. The molecular formula is C36H37N2+. The van der Waals surface area contributed by atoms with Gasteiger partial charge >= 0.3 is 0 Å². The topological polar surface area (TPSA) is 6.25 Å². The van der Waals surface area contributed by atoms with Crippen molar-refractivity contribution in [1.29, 1.82) is 0 Å². The molecule has 0 unspecified atom stereocenters. The molecule has 0 bridgehead atoms. The molecule has 4 aromatic rings. The fraction of sp³-hybridized carbons (Fsp3) is 0.250. The van der Waals surface area contributed by atoms with E-state index in [1.807, 2.05) is 0 Å². The van der Waals surface area contributed by atoms with Crippen LogP contribution < -0.4 is 4.90 Å². The molecule has 4 aromatic carbocycles. The van der Waals surface area contributed by atoms with Gasteiger partial charge in [-0.2, -0.15) is 4.58 Å². The second-order valence-electron chi connectivity index (χ2n) is 11.6. The van der Waals surface area contributed by atoms with Crippen molar-refractivity contribution in [3.8, 4) is 0 Å². The molecule has 0 amide bonds. The number of nitrogens with zero attached hydrogens (tertiary/aromatic N) is 2. The van der Waals surface area contributed by atoms with E-state index in [-0.39, 0.29) is 10.8 Å². The van der Waals surface area contributed by atoms with Gasteiger partial charge in [-0.05, 0) is 66.1 Å². The van der Waals surface area contributed by atoms with Crippen molar-refractivity contribution in [2.24, 2.45) is 0 Å². The zero-order valence-corrected chi connectivity index (χ0v) is 23.4. The maximum atomic E-state index is 2.47. The summed E-state index contributed by atoms with van der Waals surface area (Å²) in [6.45, 7) is 12.6. The van der Waals surface area contributed by atoms with E-state index in [0.29, 0.717) is 0 Å². The molecule has 38 heavy (non-hydrogen) atoms. The molecule has 0 saturated carbocycles. The highest BCUT2D eigenvalue weighted by molar-refractivity contribution is 6.07. The van der Waals surface area contributed by atoms with Crippen LogP contribution in [0.4, 0.5) is 11.4 Å². The number of anilines is 1. The van der Waals surface area contributed by atoms with Gasteiger partial charge < -0.3 is 4.90 Å². The number of hydrogen-bond acceptors (Lipinski definition) is 1. The first kappa shape index (κ1) is 24.4. The van der Waals surface area contributed by atoms with Crippen LogP contribution in [-0.4, -0.2) is 23.9 Å². The fourth-order valence-electron chi connectivity index (χ4n) is 6.93. The van der Waals surface area contributed by atoms with E-state index in [0.717, 1.165) is 6.54 Å². The lowest BCUT2D eigenvalue weighted by molar-refractivity contribution is -0.401. The minimum absolute atomic E-state index is 0.0641. The monoisotopic (exact) mass is 497 g/mol. The minimum atomic E-state index is -0.0666. The summed E-state index contributed by atoms with van der Waals surface area (Å²) in [4.78, 5) is 2.47. The van der Waals surface area contributed by atoms with Crippen LogP contribution in [0.3, 0.4) is 0 Å². The van der Waals surface area contributed by atoms with Gasteiger partial charge in [0, 0.05) is 41.1 Å². The third-order valence-corrected chi connectivity index (χ3v) is 8.70. The van der Waals surface area contributed by atoms with Crippen LogP contribution in [0.25, 0.3) is 21.5 Å². The first-order chi connectivity index (χ1) is 18.3. The van der Waals surface area contributed by atoms with Gasteiger partial charge in [0.25, 0.3) is 0 Å². The molecule has 0 N–H and O–H groups in total. The molecule has 0 fully saturated rings. The zero-order chi connectivity index (χ0) is 26.7. The van der Waals surface area contributed by atoms with Crippen LogP contribution in [0.2, 0.25) is 0 Å². The Bertz CT molecular complexity index is 1710. The third kappa shape index (κ3) is 3.50. The molecule has 0 aromatic heterocycles. The number of likely N-dealkylation sites (N-methyl/N-ethyl adjacent to an activating group) is 1. The number of fused-ring (bicyclic) bond motifs is 6. The van der Waals surface area contributed by atoms with Crippen LogP contribution in [-0.2, 0) is 10.8 Å². The average Bonchev–Trinajstić information content (AvgIpc) is 3.26. The Morgan fingerprint density at radius 2 is 1.34 bits per heavy atom. The van der Waals surface area contributed by atoms with E-state index >= 15 is 0 Å². The zero-order valence-electron chi connectivity index (χ0n) is 23.4. The maximum Gasteiger partial charge on any atom is 0.210 e. The molecule has 0 radical (unpaired) electrons. The molecule has 2 heteroatoms. The van der Waals surface area contributed by atoms with Crippen LogP contribution >= 0.6 is 0 Å². The Morgan fingerprint density at radius 1 is 0.711 bits per heavy atom. The van der Waals surface area contributed by atoms with Gasteiger partial charge in [-0.15, -0.1) is 0 Å². The van der Waals surface area contributed by atoms with E-state index < -0.39 is 0 Å². The minimum Gasteiger partial charge on any atom is -0.344 e. The van der Waals surface area contributed by atoms with Gasteiger partial charge in [0.15, 0.2) is 5.71 Å². The van der Waals surface area contributed by atoms with Crippen molar-refractivity contribution in [2.45, 2.75) is 45.4 Å². The summed E-state index contributed by atoms with van der Waals surface area (Å²) in [6, 6.07) is 26.6. The summed E-state index contributed by atoms with van der Waals surface area (Å²) in [7, 11) is 2.19. The molecule has 0 saturated heterocycles. The number of hydrogen-bond donors (Lipinski definition) is 0. The quantitative estimate of drug-likeness (QED) is 0.202. The summed E-state index contributed by atoms with van der Waals surface area (Å²) in [5.74, 6) is 0. The van der Waals surface area contributed by atoms with Crippen LogP contribution in [0.1, 0.15) is 45.7 Å². The predicted octanol–water partition coefficient (Wildman–Crippen LogP) is 8.81. The molecule has 2 aliphatic heterocycles. The van der Waals surface area contributed by atoms with Crippen molar-refractivity contribution < 1.29 is 4.58 Å². The highest BCUT2D eigenvalue weighted by Gasteiger charge is 2.44. The first-order valence-corrected chi connectivity index (χ1v) is 13.8. The number of allylic oxidation sites excluding steroid dienone is 6. The standard InChI is InChI=1S/C36H37N2/c1-7-38-30-24-22-26-16-12-14-18-28(26)34(30)36(4,5)32(38)20-10-8-9-19-31-35(2,3)33-27-17-13-11-15-25(27)21-23-29(33)37(31)6/h8-24H,7H2,1-6H3/q+1. The Kier molecular flexibility index (Phi) is 5.68. The van der Waals surface area contributed by atoms with E-state index in [1.165, 1.54) is 55.5 Å². The molecule has 2 heterocycles. The Hall–Kier alpha value is -3.91. The molecule has 6 rings (SSSR count). The molecule has 0 aliphatic carbocycles. The fourth-order valence-corrected chi connectivity index (χ4v) is 6.93. The smallest absolute Gasteiger partial charge is 0.210 e. The van der Waals surface area contributed by atoms with E-state index in [9.17, 15) is 0 Å². The van der Waals surface area contributed by atoms with Gasteiger partial charge in [-0.1, -0.05) is 86.7 Å². The summed E-state index contributed by atoms with van der Waals surface area (Å²) < 4.78 is 2.35. The lowest BCUT2D eigenvalue weighted by atomic mass is 9.79. The van der Waals surface area contributed by atoms with Gasteiger partial charge in [0.1, 0.15) is 7.05 Å². The SMILES string of the molecule is CCN1C(=CC=CC=CC2=[N+](C)c3ccc4ccccc4c3C2(C)C)C(C)(C)c2c1ccc1ccccc21. The Morgan fingerprint density at radius 3 is 2.03 bits per heavy atom. The normalized spacial score (nSPS) is 19.0. The van der Waals surface area contributed by atoms with Crippen molar-refractivity contribution >= 4 is 38.6 Å². The molecule has 2 aliphatic rings. The van der Waals surface area contributed by atoms with Gasteiger partial charge in [-0.25, -0.2) is 0 Å². The van der Waals surface area contributed by atoms with E-state index in [4.69, 9.17) is 0 Å². The van der Waals surface area contributed by atoms with Crippen LogP contribution in [0.5, 0.6) is 0 Å². The number of benzene rings is 4. The van der Waals surface area contributed by atoms with E-state index in [1.54, 1.807) is 0 Å². The number of rotatable bonds is 4. The highest BCUT2D eigenvalue weighted by Crippen LogP contribution is 2.50. The van der Waals surface area contributed by atoms with Gasteiger partial charge in [-0.3, -0.25) is 0 Å². The summed E-state index contributed by atoms with van der Waals surface area (Å²) in [5, 5.41) is 5.32. The summed E-state index contributed by atoms with van der Waals surface area (Å²) >= 11 is 0. The van der Waals surface area contributed by atoms with Crippen molar-refractivity contribution in [1.82, 2.24) is 0 Å². The maximum absolute atomic E-state index is 2.47. The Labute approximate surface area is 226 Å². The van der Waals surface area contributed by atoms with Crippen molar-refractivity contribution in [3.63, 3.8) is 0 Å². The van der Waals surface area contributed by atoms with E-state index in [2.05, 4.69) is 154 Å². The summed E-state index contributed by atoms with van der Waals surface area (Å²) in [5.41, 5.74) is 8.02. The van der Waals surface area contributed by atoms with Gasteiger partial charge in [0.05, 0.1) is 5.41 Å². The van der Waals surface area contributed by atoms with Crippen LogP contribution in [0.15, 0.2) is 109 Å². The molecular weight excluding hydrogens is 460 g/mol. The second-order valence-corrected chi connectivity index (χ2v) is 11.6. The Balaban J connectivity index is 1.32. The first-order valence-electron chi connectivity index (χ1n) is 13.8. The molecule has 190 valence electrons. The largest absolute Gasteiger partial charge is 0.344 e. The average molecular weight is 498 g/mol. The molecule has 2 nitrogen and oxygen atoms in total.